The fraction of sp³-hybridized carbons (Fsp3) is 0.167. The number of carbonyl (C=O) groups excluding carboxylic acids is 2. The summed E-state index contributed by atoms with van der Waals surface area (Å²) in [4.78, 5) is 42.1. The van der Waals surface area contributed by atoms with Crippen molar-refractivity contribution >= 4 is 39.2 Å². The molecule has 1 N–H and O–H groups in total. The van der Waals surface area contributed by atoms with Gasteiger partial charge in [0, 0.05) is 10.9 Å². The van der Waals surface area contributed by atoms with E-state index < -0.39 is 11.9 Å². The number of anilines is 1. The topological polar surface area (TPSA) is 99.5 Å². The summed E-state index contributed by atoms with van der Waals surface area (Å²) in [5.41, 5.74) is 2.47. The molecule has 0 bridgehead atoms. The van der Waals surface area contributed by atoms with E-state index in [-0.39, 0.29) is 24.3 Å². The second kappa shape index (κ2) is 9.66. The number of ether oxygens (including phenoxy) is 2. The number of benzene rings is 2. The van der Waals surface area contributed by atoms with Gasteiger partial charge in [0.1, 0.15) is 22.9 Å². The Labute approximate surface area is 193 Å². The minimum absolute atomic E-state index is 0.197. The van der Waals surface area contributed by atoms with Crippen LogP contribution < -0.4 is 15.6 Å². The van der Waals surface area contributed by atoms with E-state index >= 15 is 0 Å². The number of esters is 1. The fourth-order valence-electron chi connectivity index (χ4n) is 3.43. The molecule has 33 heavy (non-hydrogen) atoms. The molecule has 0 aliphatic rings. The maximum absolute atomic E-state index is 12.9. The summed E-state index contributed by atoms with van der Waals surface area (Å²) in [5.74, 6) is -0.288. The lowest BCUT2D eigenvalue weighted by atomic mass is 10.0. The van der Waals surface area contributed by atoms with Crippen molar-refractivity contribution in [1.29, 1.82) is 0 Å². The van der Waals surface area contributed by atoms with Gasteiger partial charge in [-0.3, -0.25) is 14.2 Å². The van der Waals surface area contributed by atoms with E-state index in [9.17, 15) is 14.4 Å². The molecule has 2 heterocycles. The molecule has 1 amide bonds. The lowest BCUT2D eigenvalue weighted by Crippen LogP contribution is -2.28. The van der Waals surface area contributed by atoms with Gasteiger partial charge in [-0.25, -0.2) is 9.78 Å². The minimum Gasteiger partial charge on any atom is -0.497 e. The van der Waals surface area contributed by atoms with Gasteiger partial charge in [-0.2, -0.15) is 0 Å². The van der Waals surface area contributed by atoms with Crippen LogP contribution in [0.2, 0.25) is 0 Å². The molecular weight excluding hydrogens is 442 g/mol. The average Bonchev–Trinajstić information content (AvgIpc) is 3.24. The number of para-hydroxylation sites is 2. The Morgan fingerprint density at radius 1 is 1.12 bits per heavy atom. The Morgan fingerprint density at radius 3 is 2.61 bits per heavy atom. The predicted octanol–water partition coefficient (Wildman–Crippen LogP) is 3.95. The third-order valence-corrected chi connectivity index (χ3v) is 5.87. The molecule has 0 spiro atoms. The number of nitrogens with zero attached hydrogens (tertiary/aromatic N) is 2. The molecule has 0 atom stereocenters. The zero-order valence-electron chi connectivity index (χ0n) is 18.0. The third kappa shape index (κ3) is 4.63. The van der Waals surface area contributed by atoms with Crippen molar-refractivity contribution in [1.82, 2.24) is 9.55 Å². The van der Waals surface area contributed by atoms with E-state index in [1.165, 1.54) is 22.1 Å². The fourth-order valence-corrected chi connectivity index (χ4v) is 4.40. The van der Waals surface area contributed by atoms with Gasteiger partial charge < -0.3 is 14.8 Å². The van der Waals surface area contributed by atoms with Crippen molar-refractivity contribution in [2.75, 3.05) is 19.0 Å². The van der Waals surface area contributed by atoms with Gasteiger partial charge >= 0.3 is 5.97 Å². The maximum atomic E-state index is 12.9. The SMILES string of the molecule is CCOC(=O)c1c(-c2ccc(OC)cc2)csc1NC(=O)Cn1c(=O)cnc2ccccc21. The smallest absolute Gasteiger partial charge is 0.341 e. The molecule has 8 nitrogen and oxygen atoms in total. The third-order valence-electron chi connectivity index (χ3n) is 4.98. The summed E-state index contributed by atoms with van der Waals surface area (Å²) >= 11 is 1.22. The first-order valence-electron chi connectivity index (χ1n) is 10.2. The van der Waals surface area contributed by atoms with Crippen molar-refractivity contribution in [3.63, 3.8) is 0 Å². The molecule has 2 aromatic heterocycles. The summed E-state index contributed by atoms with van der Waals surface area (Å²) in [6.07, 6.45) is 1.19. The number of aromatic nitrogens is 2. The van der Waals surface area contributed by atoms with Gasteiger partial charge in [-0.15, -0.1) is 11.3 Å². The largest absolute Gasteiger partial charge is 0.497 e. The van der Waals surface area contributed by atoms with E-state index in [0.29, 0.717) is 27.3 Å². The van der Waals surface area contributed by atoms with E-state index in [1.807, 2.05) is 18.2 Å². The van der Waals surface area contributed by atoms with Crippen LogP contribution in [0.25, 0.3) is 22.2 Å². The number of amides is 1. The molecule has 0 saturated heterocycles. The second-order valence-electron chi connectivity index (χ2n) is 7.02. The molecular formula is C24H21N3O5S. The zero-order valence-corrected chi connectivity index (χ0v) is 18.8. The van der Waals surface area contributed by atoms with Crippen LogP contribution in [0, 0.1) is 0 Å². The van der Waals surface area contributed by atoms with Gasteiger partial charge in [-0.05, 0) is 36.8 Å². The van der Waals surface area contributed by atoms with Crippen LogP contribution in [-0.2, 0) is 16.1 Å². The normalized spacial score (nSPS) is 10.7. The number of hydrogen-bond donors (Lipinski definition) is 1. The molecule has 9 heteroatoms. The number of carbonyl (C=O) groups is 2. The quantitative estimate of drug-likeness (QED) is 0.417. The van der Waals surface area contributed by atoms with Crippen LogP contribution in [0.5, 0.6) is 5.75 Å². The van der Waals surface area contributed by atoms with E-state index in [0.717, 1.165) is 5.56 Å². The zero-order chi connectivity index (χ0) is 23.4. The van der Waals surface area contributed by atoms with Gasteiger partial charge in [-0.1, -0.05) is 24.3 Å². The van der Waals surface area contributed by atoms with Gasteiger partial charge in [0.05, 0.1) is 30.9 Å². The number of nitrogens with one attached hydrogen (secondary N) is 1. The van der Waals surface area contributed by atoms with Crippen molar-refractivity contribution in [2.24, 2.45) is 0 Å². The number of rotatable bonds is 7. The Hall–Kier alpha value is -3.98. The highest BCUT2D eigenvalue weighted by atomic mass is 32.1. The number of fused-ring (bicyclic) bond motifs is 1. The predicted molar refractivity (Wildman–Crippen MR) is 127 cm³/mol. The first-order valence-corrected chi connectivity index (χ1v) is 11.1. The lowest BCUT2D eigenvalue weighted by molar-refractivity contribution is -0.116. The van der Waals surface area contributed by atoms with Crippen molar-refractivity contribution in [2.45, 2.75) is 13.5 Å². The second-order valence-corrected chi connectivity index (χ2v) is 7.90. The molecule has 0 saturated carbocycles. The molecule has 4 rings (SSSR count). The number of thiophene rings is 1. The summed E-state index contributed by atoms with van der Waals surface area (Å²) < 4.78 is 11.8. The lowest BCUT2D eigenvalue weighted by Gasteiger charge is -2.11. The summed E-state index contributed by atoms with van der Waals surface area (Å²) in [6, 6.07) is 14.3. The van der Waals surface area contributed by atoms with Crippen LogP contribution in [0.1, 0.15) is 17.3 Å². The van der Waals surface area contributed by atoms with Gasteiger partial charge in [0.15, 0.2) is 0 Å². The summed E-state index contributed by atoms with van der Waals surface area (Å²) in [5, 5.41) is 4.92. The first-order chi connectivity index (χ1) is 16.0. The highest BCUT2D eigenvalue weighted by Gasteiger charge is 2.23. The van der Waals surface area contributed by atoms with Crippen LogP contribution in [0.4, 0.5) is 5.00 Å². The van der Waals surface area contributed by atoms with Crippen molar-refractivity contribution in [3.05, 3.63) is 76.0 Å². The summed E-state index contributed by atoms with van der Waals surface area (Å²) in [6.45, 7) is 1.69. The Kier molecular flexibility index (Phi) is 6.50. The molecule has 0 radical (unpaired) electrons. The van der Waals surface area contributed by atoms with E-state index in [4.69, 9.17) is 9.47 Å². The van der Waals surface area contributed by atoms with Crippen LogP contribution in [0.15, 0.2) is 64.9 Å². The van der Waals surface area contributed by atoms with Crippen LogP contribution in [-0.4, -0.2) is 35.1 Å². The molecule has 4 aromatic rings. The van der Waals surface area contributed by atoms with Crippen molar-refractivity contribution in [3.8, 4) is 16.9 Å². The Morgan fingerprint density at radius 2 is 1.88 bits per heavy atom. The highest BCUT2D eigenvalue weighted by molar-refractivity contribution is 7.15. The molecule has 0 unspecified atom stereocenters. The van der Waals surface area contributed by atoms with Crippen LogP contribution in [0.3, 0.4) is 0 Å². The van der Waals surface area contributed by atoms with Gasteiger partial charge in [0.2, 0.25) is 5.91 Å². The molecule has 2 aromatic carbocycles. The minimum atomic E-state index is -0.536. The Bertz CT molecular complexity index is 1380. The average molecular weight is 464 g/mol. The van der Waals surface area contributed by atoms with E-state index in [1.54, 1.807) is 49.7 Å². The van der Waals surface area contributed by atoms with Crippen LogP contribution >= 0.6 is 11.3 Å². The van der Waals surface area contributed by atoms with Gasteiger partial charge in [0.25, 0.3) is 5.56 Å². The Balaban J connectivity index is 1.66. The molecule has 0 fully saturated rings. The molecule has 0 aliphatic heterocycles. The summed E-state index contributed by atoms with van der Waals surface area (Å²) in [7, 11) is 1.58. The number of methoxy groups -OCH3 is 1. The van der Waals surface area contributed by atoms with Crippen molar-refractivity contribution < 1.29 is 19.1 Å². The standard InChI is InChI=1S/C24H21N3O5S/c1-3-32-24(30)22-17(15-8-10-16(31-2)11-9-15)14-33-23(22)26-20(28)13-27-19-7-5-4-6-18(19)25-12-21(27)29/h4-12,14H,3,13H2,1-2H3,(H,26,28). The highest BCUT2D eigenvalue weighted by Crippen LogP contribution is 2.37. The van der Waals surface area contributed by atoms with E-state index in [2.05, 4.69) is 10.3 Å². The number of hydrogen-bond acceptors (Lipinski definition) is 7. The molecule has 168 valence electrons. The first kappa shape index (κ1) is 22.2. The maximum Gasteiger partial charge on any atom is 0.341 e. The molecule has 0 aliphatic carbocycles. The monoisotopic (exact) mass is 463 g/mol.